The van der Waals surface area contributed by atoms with Crippen LogP contribution in [0.3, 0.4) is 0 Å². The first kappa shape index (κ1) is 13.6. The average molecular weight is 201 g/mol. The highest BCUT2D eigenvalue weighted by molar-refractivity contribution is 4.92. The molecule has 0 saturated carbocycles. The van der Waals surface area contributed by atoms with Crippen molar-refractivity contribution in [3.8, 4) is 0 Å². The maximum Gasteiger partial charge on any atom is 0.0620 e. The lowest BCUT2D eigenvalue weighted by molar-refractivity contribution is 0.244. The van der Waals surface area contributed by atoms with Gasteiger partial charge in [-0.25, -0.2) is 0 Å². The van der Waals surface area contributed by atoms with Crippen LogP contribution < -0.4 is 5.32 Å². The van der Waals surface area contributed by atoms with Gasteiger partial charge in [0.1, 0.15) is 0 Å². The Morgan fingerprint density at radius 3 is 2.64 bits per heavy atom. The highest BCUT2D eigenvalue weighted by atomic mass is 16.3. The molecular formula is C11H23NO2. The van der Waals surface area contributed by atoms with Crippen LogP contribution in [0.2, 0.25) is 0 Å². The van der Waals surface area contributed by atoms with Gasteiger partial charge in [0.15, 0.2) is 0 Å². The van der Waals surface area contributed by atoms with Gasteiger partial charge in [-0.2, -0.15) is 0 Å². The van der Waals surface area contributed by atoms with Crippen LogP contribution in [-0.2, 0) is 0 Å². The fourth-order valence-electron chi connectivity index (χ4n) is 1.22. The molecule has 0 bridgehead atoms. The number of aliphatic hydroxyl groups is 2. The summed E-state index contributed by atoms with van der Waals surface area (Å²) < 4.78 is 0. The van der Waals surface area contributed by atoms with E-state index >= 15 is 0 Å². The summed E-state index contributed by atoms with van der Waals surface area (Å²) in [7, 11) is 0. The van der Waals surface area contributed by atoms with Gasteiger partial charge in [0.25, 0.3) is 0 Å². The predicted octanol–water partition coefficient (Wildman–Crippen LogP) is 1.07. The van der Waals surface area contributed by atoms with Crippen molar-refractivity contribution < 1.29 is 10.2 Å². The number of nitrogens with one attached hydrogen (secondary N) is 1. The van der Waals surface area contributed by atoms with Crippen molar-refractivity contribution in [3.05, 3.63) is 12.2 Å². The van der Waals surface area contributed by atoms with Crippen LogP contribution in [0.4, 0.5) is 0 Å². The van der Waals surface area contributed by atoms with Gasteiger partial charge in [0.05, 0.1) is 13.2 Å². The molecule has 0 fully saturated rings. The summed E-state index contributed by atoms with van der Waals surface area (Å²) in [5.41, 5.74) is 0. The molecular weight excluding hydrogens is 178 g/mol. The minimum Gasteiger partial charge on any atom is -0.395 e. The molecule has 0 rings (SSSR count). The van der Waals surface area contributed by atoms with Gasteiger partial charge in [-0.3, -0.25) is 0 Å². The molecule has 84 valence electrons. The maximum absolute atomic E-state index is 8.96. The van der Waals surface area contributed by atoms with Gasteiger partial charge < -0.3 is 15.5 Å². The standard InChI is InChI=1S/C11H23NO2/c1-2-3-4-5-6-7-11(10-14)12-8-9-13/h6-7,11-14H,2-5,8-10H2,1H3/b7-6+. The lowest BCUT2D eigenvalue weighted by Gasteiger charge is -2.10. The van der Waals surface area contributed by atoms with Crippen molar-refractivity contribution in [3.63, 3.8) is 0 Å². The molecule has 0 aliphatic rings. The van der Waals surface area contributed by atoms with E-state index in [2.05, 4.69) is 18.3 Å². The van der Waals surface area contributed by atoms with Crippen LogP contribution in [0.25, 0.3) is 0 Å². The topological polar surface area (TPSA) is 52.5 Å². The Hall–Kier alpha value is -0.380. The molecule has 0 heterocycles. The molecule has 0 spiro atoms. The highest BCUT2D eigenvalue weighted by Gasteiger charge is 1.99. The number of rotatable bonds is 9. The largest absolute Gasteiger partial charge is 0.395 e. The van der Waals surface area contributed by atoms with Crippen LogP contribution in [0.15, 0.2) is 12.2 Å². The smallest absolute Gasteiger partial charge is 0.0620 e. The second kappa shape index (κ2) is 10.7. The first-order chi connectivity index (χ1) is 6.85. The van der Waals surface area contributed by atoms with Gasteiger partial charge in [-0.05, 0) is 12.8 Å². The van der Waals surface area contributed by atoms with Crippen LogP contribution in [0, 0.1) is 0 Å². The summed E-state index contributed by atoms with van der Waals surface area (Å²) in [5.74, 6) is 0. The van der Waals surface area contributed by atoms with E-state index in [1.54, 1.807) is 0 Å². The van der Waals surface area contributed by atoms with Crippen LogP contribution >= 0.6 is 0 Å². The van der Waals surface area contributed by atoms with E-state index in [0.29, 0.717) is 6.54 Å². The van der Waals surface area contributed by atoms with Crippen molar-refractivity contribution >= 4 is 0 Å². The molecule has 0 aliphatic carbocycles. The fraction of sp³-hybridized carbons (Fsp3) is 0.818. The fourth-order valence-corrected chi connectivity index (χ4v) is 1.22. The number of hydrogen-bond donors (Lipinski definition) is 3. The molecule has 3 nitrogen and oxygen atoms in total. The van der Waals surface area contributed by atoms with Crippen molar-refractivity contribution in [1.82, 2.24) is 5.32 Å². The Bertz CT molecular complexity index is 137. The number of hydrogen-bond acceptors (Lipinski definition) is 3. The summed E-state index contributed by atoms with van der Waals surface area (Å²) in [6.07, 6.45) is 8.86. The van der Waals surface area contributed by atoms with E-state index in [-0.39, 0.29) is 19.3 Å². The van der Waals surface area contributed by atoms with Gasteiger partial charge in [-0.1, -0.05) is 31.9 Å². The van der Waals surface area contributed by atoms with Crippen molar-refractivity contribution in [2.45, 2.75) is 38.6 Å². The lowest BCUT2D eigenvalue weighted by Crippen LogP contribution is -2.32. The zero-order valence-corrected chi connectivity index (χ0v) is 9.08. The van der Waals surface area contributed by atoms with E-state index in [1.807, 2.05) is 6.08 Å². The molecule has 3 heteroatoms. The number of allylic oxidation sites excluding steroid dienone is 1. The van der Waals surface area contributed by atoms with E-state index in [0.717, 1.165) is 6.42 Å². The molecule has 0 aromatic rings. The quantitative estimate of drug-likeness (QED) is 0.386. The summed E-state index contributed by atoms with van der Waals surface area (Å²) in [5, 5.41) is 20.6. The van der Waals surface area contributed by atoms with Crippen molar-refractivity contribution in [2.75, 3.05) is 19.8 Å². The third-order valence-corrected chi connectivity index (χ3v) is 2.06. The van der Waals surface area contributed by atoms with Gasteiger partial charge in [0.2, 0.25) is 0 Å². The highest BCUT2D eigenvalue weighted by Crippen LogP contribution is 2.00. The number of aliphatic hydroxyl groups excluding tert-OH is 2. The first-order valence-electron chi connectivity index (χ1n) is 5.46. The maximum atomic E-state index is 8.96. The van der Waals surface area contributed by atoms with Crippen molar-refractivity contribution in [1.29, 1.82) is 0 Å². The second-order valence-electron chi connectivity index (χ2n) is 3.39. The molecule has 14 heavy (non-hydrogen) atoms. The first-order valence-corrected chi connectivity index (χ1v) is 5.46. The second-order valence-corrected chi connectivity index (χ2v) is 3.39. The summed E-state index contributed by atoms with van der Waals surface area (Å²) in [6.45, 7) is 2.91. The Kier molecular flexibility index (Phi) is 10.4. The molecule has 0 aromatic heterocycles. The van der Waals surface area contributed by atoms with E-state index in [9.17, 15) is 0 Å². The minimum atomic E-state index is -0.0104. The SMILES string of the molecule is CCCCC/C=C/C(CO)NCCO. The summed E-state index contributed by atoms with van der Waals surface area (Å²) in [4.78, 5) is 0. The molecule has 0 amide bonds. The van der Waals surface area contributed by atoms with E-state index in [4.69, 9.17) is 10.2 Å². The van der Waals surface area contributed by atoms with E-state index < -0.39 is 0 Å². The zero-order valence-electron chi connectivity index (χ0n) is 9.08. The van der Waals surface area contributed by atoms with Crippen LogP contribution in [0.1, 0.15) is 32.6 Å². The Balaban J connectivity index is 3.47. The summed E-state index contributed by atoms with van der Waals surface area (Å²) in [6, 6.07) is -0.0104. The zero-order chi connectivity index (χ0) is 10.6. The van der Waals surface area contributed by atoms with Gasteiger partial charge in [-0.15, -0.1) is 0 Å². The monoisotopic (exact) mass is 201 g/mol. The van der Waals surface area contributed by atoms with Gasteiger partial charge >= 0.3 is 0 Å². The summed E-state index contributed by atoms with van der Waals surface area (Å²) >= 11 is 0. The average Bonchev–Trinajstić information content (AvgIpc) is 2.22. The molecule has 1 unspecified atom stereocenters. The molecule has 0 aromatic carbocycles. The molecule has 3 N–H and O–H groups in total. The normalized spacial score (nSPS) is 13.6. The third-order valence-electron chi connectivity index (χ3n) is 2.06. The Morgan fingerprint density at radius 1 is 1.29 bits per heavy atom. The third kappa shape index (κ3) is 8.23. The minimum absolute atomic E-state index is 0.0104. The van der Waals surface area contributed by atoms with Crippen molar-refractivity contribution in [2.24, 2.45) is 0 Å². The molecule has 1 atom stereocenters. The Morgan fingerprint density at radius 2 is 2.07 bits per heavy atom. The number of unbranched alkanes of at least 4 members (excludes halogenated alkanes) is 3. The molecule has 0 saturated heterocycles. The van der Waals surface area contributed by atoms with Gasteiger partial charge in [0, 0.05) is 12.6 Å². The Labute approximate surface area is 86.8 Å². The lowest BCUT2D eigenvalue weighted by atomic mass is 10.2. The van der Waals surface area contributed by atoms with E-state index in [1.165, 1.54) is 19.3 Å². The van der Waals surface area contributed by atoms with Crippen LogP contribution in [0.5, 0.6) is 0 Å². The molecule has 0 aliphatic heterocycles. The molecule has 0 radical (unpaired) electrons. The predicted molar refractivity (Wildman–Crippen MR) is 59.2 cm³/mol. The van der Waals surface area contributed by atoms with Crippen LogP contribution in [-0.4, -0.2) is 36.0 Å².